The van der Waals surface area contributed by atoms with Crippen molar-refractivity contribution in [3.05, 3.63) is 28.2 Å². The maximum atomic E-state index is 12.3. The fourth-order valence-electron chi connectivity index (χ4n) is 1.88. The first-order chi connectivity index (χ1) is 10.1. The molecule has 4 amide bonds. The lowest BCUT2D eigenvalue weighted by Gasteiger charge is -2.23. The van der Waals surface area contributed by atoms with Gasteiger partial charge in [-0.25, -0.2) is 19.4 Å². The molecule has 6 nitrogen and oxygen atoms in total. The lowest BCUT2D eigenvalue weighted by atomic mass is 10.2. The van der Waals surface area contributed by atoms with E-state index in [0.29, 0.717) is 0 Å². The van der Waals surface area contributed by atoms with Crippen LogP contribution in [-0.4, -0.2) is 35.1 Å². The zero-order chi connectivity index (χ0) is 16.7. The van der Waals surface area contributed by atoms with Crippen molar-refractivity contribution in [1.29, 1.82) is 0 Å². The quantitative estimate of drug-likeness (QED) is 0.728. The van der Waals surface area contributed by atoms with Gasteiger partial charge in [-0.05, 0) is 39.0 Å². The Morgan fingerprint density at radius 1 is 1.14 bits per heavy atom. The summed E-state index contributed by atoms with van der Waals surface area (Å²) in [7, 11) is 0. The summed E-state index contributed by atoms with van der Waals surface area (Å²) < 4.78 is 5.11. The molecule has 1 aromatic carbocycles. The number of amides is 4. The van der Waals surface area contributed by atoms with E-state index in [1.807, 2.05) is 0 Å². The monoisotopic (exact) mass is 344 g/mol. The molecular formula is C14H14Cl2N2O4. The third kappa shape index (κ3) is 3.51. The van der Waals surface area contributed by atoms with Crippen molar-refractivity contribution in [2.24, 2.45) is 0 Å². The standard InChI is InChI=1S/C14H14Cl2N2O4/c1-14(2,3)22-13(21)17-7-11(19)18(12(17)20)10-5-8(15)4-9(16)6-10/h4-6H,7H2,1-3H3. The van der Waals surface area contributed by atoms with Gasteiger partial charge in [-0.3, -0.25) is 4.79 Å². The second-order valence-corrected chi connectivity index (χ2v) is 6.58. The lowest BCUT2D eigenvalue weighted by Crippen LogP contribution is -2.40. The number of nitrogens with zero attached hydrogens (tertiary/aromatic N) is 2. The third-order valence-corrected chi connectivity index (χ3v) is 3.12. The van der Waals surface area contributed by atoms with Gasteiger partial charge in [0.1, 0.15) is 12.1 Å². The average molecular weight is 345 g/mol. The van der Waals surface area contributed by atoms with E-state index in [-0.39, 0.29) is 15.7 Å². The Labute approximate surface area is 137 Å². The molecule has 0 spiro atoms. The SMILES string of the molecule is CC(C)(C)OC(=O)N1CC(=O)N(c2cc(Cl)cc(Cl)c2)C1=O. The molecule has 118 valence electrons. The fourth-order valence-corrected chi connectivity index (χ4v) is 2.40. The second-order valence-electron chi connectivity index (χ2n) is 5.71. The summed E-state index contributed by atoms with van der Waals surface area (Å²) in [6, 6.07) is 3.52. The average Bonchev–Trinajstić information content (AvgIpc) is 2.61. The molecule has 1 heterocycles. The topological polar surface area (TPSA) is 66.9 Å². The van der Waals surface area contributed by atoms with E-state index >= 15 is 0 Å². The van der Waals surface area contributed by atoms with Crippen LogP contribution < -0.4 is 4.90 Å². The Bertz CT molecular complexity index is 634. The number of carbonyl (C=O) groups excluding carboxylic acids is 3. The van der Waals surface area contributed by atoms with E-state index in [0.717, 1.165) is 9.80 Å². The summed E-state index contributed by atoms with van der Waals surface area (Å²) in [4.78, 5) is 37.9. The van der Waals surface area contributed by atoms with Gasteiger partial charge in [-0.1, -0.05) is 23.2 Å². The summed E-state index contributed by atoms with van der Waals surface area (Å²) in [5.74, 6) is -0.561. The predicted octanol–water partition coefficient (Wildman–Crippen LogP) is 3.70. The van der Waals surface area contributed by atoms with Crippen LogP contribution in [0.3, 0.4) is 0 Å². The van der Waals surface area contributed by atoms with Crippen LogP contribution in [0.1, 0.15) is 20.8 Å². The molecule has 1 fully saturated rings. The summed E-state index contributed by atoms with van der Waals surface area (Å²) >= 11 is 11.7. The Hall–Kier alpha value is -1.79. The van der Waals surface area contributed by atoms with Crippen LogP contribution in [-0.2, 0) is 9.53 Å². The molecule has 1 saturated heterocycles. The smallest absolute Gasteiger partial charge is 0.419 e. The van der Waals surface area contributed by atoms with Crippen molar-refractivity contribution >= 4 is 46.9 Å². The molecule has 0 aliphatic carbocycles. The Morgan fingerprint density at radius 2 is 1.68 bits per heavy atom. The number of benzene rings is 1. The maximum Gasteiger partial charge on any atom is 0.419 e. The highest BCUT2D eigenvalue weighted by Crippen LogP contribution is 2.29. The van der Waals surface area contributed by atoms with Gasteiger partial charge < -0.3 is 4.74 Å². The molecule has 0 radical (unpaired) electrons. The molecule has 1 aromatic rings. The minimum Gasteiger partial charge on any atom is -0.443 e. The molecule has 0 aromatic heterocycles. The zero-order valence-corrected chi connectivity index (χ0v) is 13.7. The van der Waals surface area contributed by atoms with Crippen molar-refractivity contribution in [2.75, 3.05) is 11.4 Å². The normalized spacial score (nSPS) is 15.5. The van der Waals surface area contributed by atoms with Crippen molar-refractivity contribution in [2.45, 2.75) is 26.4 Å². The molecule has 22 heavy (non-hydrogen) atoms. The van der Waals surface area contributed by atoms with Crippen molar-refractivity contribution in [3.63, 3.8) is 0 Å². The molecule has 1 aliphatic heterocycles. The van der Waals surface area contributed by atoms with E-state index in [1.165, 1.54) is 18.2 Å². The lowest BCUT2D eigenvalue weighted by molar-refractivity contribution is -0.116. The number of urea groups is 1. The van der Waals surface area contributed by atoms with Crippen LogP contribution in [0.15, 0.2) is 18.2 Å². The van der Waals surface area contributed by atoms with E-state index in [9.17, 15) is 14.4 Å². The molecule has 0 bridgehead atoms. The highest BCUT2D eigenvalue weighted by atomic mass is 35.5. The summed E-state index contributed by atoms with van der Waals surface area (Å²) in [6.45, 7) is 4.61. The van der Waals surface area contributed by atoms with Crippen LogP contribution >= 0.6 is 23.2 Å². The largest absolute Gasteiger partial charge is 0.443 e. The van der Waals surface area contributed by atoms with E-state index < -0.39 is 30.2 Å². The summed E-state index contributed by atoms with van der Waals surface area (Å²) in [5, 5.41) is 0.553. The van der Waals surface area contributed by atoms with Gasteiger partial charge in [0.15, 0.2) is 0 Å². The Kier molecular flexibility index (Phi) is 4.35. The number of rotatable bonds is 1. The van der Waals surface area contributed by atoms with Gasteiger partial charge in [0.25, 0.3) is 5.91 Å². The highest BCUT2D eigenvalue weighted by Gasteiger charge is 2.42. The number of carbonyl (C=O) groups is 3. The van der Waals surface area contributed by atoms with E-state index in [2.05, 4.69) is 0 Å². The molecule has 0 unspecified atom stereocenters. The first-order valence-corrected chi connectivity index (χ1v) is 7.17. The van der Waals surface area contributed by atoms with Crippen LogP contribution in [0.5, 0.6) is 0 Å². The number of imide groups is 2. The predicted molar refractivity (Wildman–Crippen MR) is 82.3 cm³/mol. The minimum atomic E-state index is -0.874. The second kappa shape index (κ2) is 5.78. The van der Waals surface area contributed by atoms with Crippen LogP contribution in [0.25, 0.3) is 0 Å². The molecule has 0 atom stereocenters. The minimum absolute atomic E-state index is 0.207. The molecule has 1 aliphatic rings. The first kappa shape index (κ1) is 16.6. The maximum absolute atomic E-state index is 12.3. The van der Waals surface area contributed by atoms with Gasteiger partial charge >= 0.3 is 12.1 Å². The van der Waals surface area contributed by atoms with E-state index in [1.54, 1.807) is 20.8 Å². The van der Waals surface area contributed by atoms with Crippen molar-refractivity contribution < 1.29 is 19.1 Å². The molecule has 0 N–H and O–H groups in total. The summed E-state index contributed by atoms with van der Waals surface area (Å²) in [6.07, 6.45) is -0.874. The van der Waals surface area contributed by atoms with Gasteiger partial charge in [0, 0.05) is 10.0 Å². The van der Waals surface area contributed by atoms with Gasteiger partial charge in [-0.2, -0.15) is 0 Å². The number of anilines is 1. The fraction of sp³-hybridized carbons (Fsp3) is 0.357. The van der Waals surface area contributed by atoms with Gasteiger partial charge in [0.05, 0.1) is 5.69 Å². The first-order valence-electron chi connectivity index (χ1n) is 6.42. The van der Waals surface area contributed by atoms with Gasteiger partial charge in [-0.15, -0.1) is 0 Å². The zero-order valence-electron chi connectivity index (χ0n) is 12.2. The van der Waals surface area contributed by atoms with Crippen LogP contribution in [0, 0.1) is 0 Å². The third-order valence-electron chi connectivity index (χ3n) is 2.68. The molecule has 2 rings (SSSR count). The highest BCUT2D eigenvalue weighted by molar-refractivity contribution is 6.35. The number of hydrogen-bond acceptors (Lipinski definition) is 4. The Morgan fingerprint density at radius 3 is 2.18 bits per heavy atom. The molecule has 0 saturated carbocycles. The molecular weight excluding hydrogens is 331 g/mol. The van der Waals surface area contributed by atoms with Crippen LogP contribution in [0.2, 0.25) is 10.0 Å². The number of halogens is 2. The summed E-state index contributed by atoms with van der Waals surface area (Å²) in [5.41, 5.74) is -0.564. The van der Waals surface area contributed by atoms with Crippen molar-refractivity contribution in [3.8, 4) is 0 Å². The number of hydrogen-bond donors (Lipinski definition) is 0. The van der Waals surface area contributed by atoms with Crippen LogP contribution in [0.4, 0.5) is 15.3 Å². The van der Waals surface area contributed by atoms with Gasteiger partial charge in [0.2, 0.25) is 0 Å². The van der Waals surface area contributed by atoms with Crippen molar-refractivity contribution in [1.82, 2.24) is 4.90 Å². The Balaban J connectivity index is 2.27. The molecule has 8 heteroatoms. The van der Waals surface area contributed by atoms with E-state index in [4.69, 9.17) is 27.9 Å². The number of ether oxygens (including phenoxy) is 1.